The molecule has 0 saturated heterocycles. The summed E-state index contributed by atoms with van der Waals surface area (Å²) in [5.74, 6) is 0.0995. The van der Waals surface area contributed by atoms with Crippen molar-refractivity contribution in [3.8, 4) is 11.4 Å². The molecule has 1 unspecified atom stereocenters. The summed E-state index contributed by atoms with van der Waals surface area (Å²) >= 11 is 12.4. The molecule has 12 heteroatoms. The van der Waals surface area contributed by atoms with Crippen LogP contribution in [0.1, 0.15) is 18.5 Å². The van der Waals surface area contributed by atoms with Crippen molar-refractivity contribution >= 4 is 46.4 Å². The van der Waals surface area contributed by atoms with Gasteiger partial charge in [0.15, 0.2) is 5.82 Å². The minimum absolute atomic E-state index is 0.156. The van der Waals surface area contributed by atoms with E-state index in [0.29, 0.717) is 32.9 Å². The molecule has 1 aliphatic rings. The highest BCUT2D eigenvalue weighted by Crippen LogP contribution is 2.40. The van der Waals surface area contributed by atoms with Crippen LogP contribution in [-0.4, -0.2) is 30.6 Å². The van der Waals surface area contributed by atoms with Gasteiger partial charge in [0.2, 0.25) is 5.95 Å². The number of hydrogen-bond donors (Lipinski definition) is 2. The highest BCUT2D eigenvalue weighted by atomic mass is 35.5. The molecule has 180 valence electrons. The lowest BCUT2D eigenvalue weighted by atomic mass is 9.93. The number of hydrogen-bond acceptors (Lipinski definition) is 7. The molecule has 0 bridgehead atoms. The second-order valence-electron chi connectivity index (χ2n) is 7.91. The van der Waals surface area contributed by atoms with E-state index in [1.54, 1.807) is 61.7 Å². The number of nitro benzene ring substituents is 1. The fourth-order valence-electron chi connectivity index (χ4n) is 4.04. The van der Waals surface area contributed by atoms with Crippen LogP contribution in [0, 0.1) is 10.1 Å². The number of nitrogens with zero attached hydrogens (tertiary/aromatic N) is 5. The van der Waals surface area contributed by atoms with E-state index in [4.69, 9.17) is 23.2 Å². The number of nitrogens with one attached hydrogen (secondary N) is 2. The smallest absolute Gasteiger partial charge is 0.275 e. The highest BCUT2D eigenvalue weighted by molar-refractivity contribution is 6.36. The van der Waals surface area contributed by atoms with E-state index in [0.717, 1.165) is 0 Å². The zero-order valence-corrected chi connectivity index (χ0v) is 20.2. The predicted octanol–water partition coefficient (Wildman–Crippen LogP) is 5.48. The number of anilines is 2. The lowest BCUT2D eigenvalue weighted by Crippen LogP contribution is -2.32. The highest BCUT2D eigenvalue weighted by Gasteiger charge is 2.38. The third-order valence-corrected chi connectivity index (χ3v) is 6.16. The van der Waals surface area contributed by atoms with Crippen molar-refractivity contribution in [1.82, 2.24) is 19.7 Å². The van der Waals surface area contributed by atoms with Crippen molar-refractivity contribution in [3.63, 3.8) is 0 Å². The fraction of sp³-hybridized carbons (Fsp3) is 0.0833. The van der Waals surface area contributed by atoms with Gasteiger partial charge in [0.1, 0.15) is 6.04 Å². The molecule has 2 aromatic heterocycles. The van der Waals surface area contributed by atoms with Gasteiger partial charge >= 0.3 is 0 Å². The van der Waals surface area contributed by atoms with Crippen molar-refractivity contribution in [3.05, 3.63) is 104 Å². The zero-order valence-electron chi connectivity index (χ0n) is 18.6. The van der Waals surface area contributed by atoms with Crippen molar-refractivity contribution in [2.45, 2.75) is 13.0 Å². The Hall–Kier alpha value is -4.28. The minimum atomic E-state index is -0.952. The molecule has 1 aliphatic heterocycles. The van der Waals surface area contributed by atoms with Crippen LogP contribution in [0.2, 0.25) is 10.0 Å². The normalized spacial score (nSPS) is 14.7. The number of pyridine rings is 1. The molecule has 36 heavy (non-hydrogen) atoms. The number of benzene rings is 2. The number of halogens is 2. The SMILES string of the molecule is CC1=C(C(=O)Nc2cccnc2)C(c2ccccc2[N+](=O)[O-])n2nc(-c3ccc(Cl)cc3Cl)nc2N1. The third-order valence-electron chi connectivity index (χ3n) is 5.62. The topological polar surface area (TPSA) is 128 Å². The van der Waals surface area contributed by atoms with E-state index in [-0.39, 0.29) is 22.6 Å². The Bertz CT molecular complexity index is 1540. The number of allylic oxidation sites excluding steroid dienone is 1. The predicted molar refractivity (Wildman–Crippen MR) is 136 cm³/mol. The summed E-state index contributed by atoms with van der Waals surface area (Å²) in [7, 11) is 0. The largest absolute Gasteiger partial charge is 0.328 e. The Kier molecular flexibility index (Phi) is 6.13. The summed E-state index contributed by atoms with van der Waals surface area (Å²) in [5.41, 5.74) is 1.82. The Morgan fingerprint density at radius 1 is 1.17 bits per heavy atom. The number of aromatic nitrogens is 4. The van der Waals surface area contributed by atoms with Gasteiger partial charge in [-0.3, -0.25) is 19.9 Å². The molecular weight excluding hydrogens is 505 g/mol. The molecule has 4 aromatic rings. The monoisotopic (exact) mass is 521 g/mol. The average Bonchev–Trinajstić information content (AvgIpc) is 3.26. The molecule has 0 radical (unpaired) electrons. The Labute approximate surface area is 214 Å². The summed E-state index contributed by atoms with van der Waals surface area (Å²) in [6, 6.07) is 13.6. The molecule has 2 N–H and O–H groups in total. The summed E-state index contributed by atoms with van der Waals surface area (Å²) in [6.07, 6.45) is 3.09. The number of para-hydroxylation sites is 1. The average molecular weight is 522 g/mol. The molecule has 0 saturated carbocycles. The molecule has 0 spiro atoms. The van der Waals surface area contributed by atoms with Gasteiger partial charge in [-0.15, -0.1) is 5.10 Å². The maximum Gasteiger partial charge on any atom is 0.275 e. The van der Waals surface area contributed by atoms with Gasteiger partial charge in [0.25, 0.3) is 11.6 Å². The van der Waals surface area contributed by atoms with Crippen LogP contribution in [0.3, 0.4) is 0 Å². The summed E-state index contributed by atoms with van der Waals surface area (Å²) in [5, 5.41) is 23.2. The van der Waals surface area contributed by atoms with Gasteiger partial charge in [-0.05, 0) is 43.3 Å². The lowest BCUT2D eigenvalue weighted by molar-refractivity contribution is -0.385. The maximum atomic E-state index is 13.5. The first-order valence-corrected chi connectivity index (χ1v) is 11.4. The van der Waals surface area contributed by atoms with Crippen LogP contribution in [-0.2, 0) is 4.79 Å². The van der Waals surface area contributed by atoms with Crippen LogP contribution in [0.25, 0.3) is 11.4 Å². The maximum absolute atomic E-state index is 13.5. The first kappa shape index (κ1) is 23.5. The molecular formula is C24H17Cl2N7O3. The molecule has 3 heterocycles. The number of carbonyl (C=O) groups excluding carboxylic acids is 1. The van der Waals surface area contributed by atoms with Crippen molar-refractivity contribution in [1.29, 1.82) is 0 Å². The molecule has 0 aliphatic carbocycles. The quantitative estimate of drug-likeness (QED) is 0.262. The van der Waals surface area contributed by atoms with Gasteiger partial charge in [0, 0.05) is 28.5 Å². The molecule has 0 fully saturated rings. The van der Waals surface area contributed by atoms with Gasteiger partial charge in [-0.25, -0.2) is 4.68 Å². The summed E-state index contributed by atoms with van der Waals surface area (Å²) in [6.45, 7) is 1.70. The Morgan fingerprint density at radius 3 is 2.69 bits per heavy atom. The van der Waals surface area contributed by atoms with Crippen molar-refractivity contribution in [2.24, 2.45) is 0 Å². The standard InChI is InChI=1S/C24H17Cl2N7O3/c1-13-20(23(34)29-15-5-4-10-27-12-15)21(17-6-2-3-7-19(17)33(35)36)32-24(28-13)30-22(31-32)16-9-8-14(25)11-18(16)26/h2-12,21H,1H3,(H,29,34)(H,28,30,31). The number of nitro groups is 1. The second kappa shape index (κ2) is 9.40. The van der Waals surface area contributed by atoms with E-state index in [1.807, 2.05) is 0 Å². The first-order chi connectivity index (χ1) is 17.3. The summed E-state index contributed by atoms with van der Waals surface area (Å²) < 4.78 is 1.45. The van der Waals surface area contributed by atoms with E-state index < -0.39 is 16.9 Å². The minimum Gasteiger partial charge on any atom is -0.328 e. The molecule has 1 amide bonds. The molecule has 1 atom stereocenters. The molecule has 2 aromatic carbocycles. The van der Waals surface area contributed by atoms with Crippen LogP contribution >= 0.6 is 23.2 Å². The van der Waals surface area contributed by atoms with Crippen LogP contribution in [0.5, 0.6) is 0 Å². The Balaban J connectivity index is 1.67. The van der Waals surface area contributed by atoms with Crippen LogP contribution in [0.4, 0.5) is 17.3 Å². The molecule has 10 nitrogen and oxygen atoms in total. The van der Waals surface area contributed by atoms with Crippen LogP contribution < -0.4 is 10.6 Å². The van der Waals surface area contributed by atoms with Crippen molar-refractivity contribution in [2.75, 3.05) is 10.6 Å². The Morgan fingerprint density at radius 2 is 1.97 bits per heavy atom. The lowest BCUT2D eigenvalue weighted by Gasteiger charge is -2.28. The van der Waals surface area contributed by atoms with E-state index in [1.165, 1.54) is 16.9 Å². The van der Waals surface area contributed by atoms with Gasteiger partial charge in [-0.1, -0.05) is 35.3 Å². The number of rotatable bonds is 5. The third kappa shape index (κ3) is 4.28. The zero-order chi connectivity index (χ0) is 25.4. The van der Waals surface area contributed by atoms with E-state index in [2.05, 4.69) is 25.7 Å². The number of amides is 1. The van der Waals surface area contributed by atoms with Gasteiger partial charge < -0.3 is 10.6 Å². The second-order valence-corrected chi connectivity index (χ2v) is 8.75. The van der Waals surface area contributed by atoms with Gasteiger partial charge in [0.05, 0.1) is 33.0 Å². The fourth-order valence-corrected chi connectivity index (χ4v) is 4.53. The van der Waals surface area contributed by atoms with E-state index >= 15 is 0 Å². The van der Waals surface area contributed by atoms with Crippen molar-refractivity contribution < 1.29 is 9.72 Å². The number of fused-ring (bicyclic) bond motifs is 1. The number of carbonyl (C=O) groups is 1. The van der Waals surface area contributed by atoms with Gasteiger partial charge in [-0.2, -0.15) is 4.98 Å². The molecule has 5 rings (SSSR count). The van der Waals surface area contributed by atoms with Crippen LogP contribution in [0.15, 0.2) is 78.3 Å². The summed E-state index contributed by atoms with van der Waals surface area (Å²) in [4.78, 5) is 33.5. The van der Waals surface area contributed by atoms with E-state index in [9.17, 15) is 14.9 Å². The first-order valence-electron chi connectivity index (χ1n) is 10.7.